The van der Waals surface area contributed by atoms with Crippen molar-refractivity contribution in [3.63, 3.8) is 0 Å². The van der Waals surface area contributed by atoms with Gasteiger partial charge in [-0.15, -0.1) is 0 Å². The summed E-state index contributed by atoms with van der Waals surface area (Å²) >= 11 is 0. The van der Waals surface area contributed by atoms with Crippen molar-refractivity contribution in [2.45, 2.75) is 19.0 Å². The summed E-state index contributed by atoms with van der Waals surface area (Å²) in [5.41, 5.74) is 0.863. The second-order valence-electron chi connectivity index (χ2n) is 3.84. The highest BCUT2D eigenvalue weighted by molar-refractivity contribution is 5.74. The second kappa shape index (κ2) is 5.46. The molecule has 1 aliphatic heterocycles. The minimum atomic E-state index is -0.126. The lowest BCUT2D eigenvalue weighted by atomic mass is 10.3. The topological polar surface area (TPSA) is 66.0 Å². The molecule has 86 valence electrons. The lowest BCUT2D eigenvalue weighted by Gasteiger charge is -2.12. The minimum Gasteiger partial charge on any atom is -0.334 e. The summed E-state index contributed by atoms with van der Waals surface area (Å²) in [5, 5.41) is 8.89. The molecule has 1 fully saturated rings. The molecular formula is C11H16N4O. The van der Waals surface area contributed by atoms with Crippen LogP contribution in [0.2, 0.25) is 0 Å². The third-order valence-electron chi connectivity index (χ3n) is 2.55. The molecule has 1 aromatic heterocycles. The molecule has 16 heavy (non-hydrogen) atoms. The van der Waals surface area contributed by atoms with Gasteiger partial charge in [0.15, 0.2) is 0 Å². The maximum atomic E-state index is 11.5. The van der Waals surface area contributed by atoms with Gasteiger partial charge in [0.25, 0.3) is 0 Å². The largest absolute Gasteiger partial charge is 0.334 e. The Balaban J connectivity index is 1.71. The van der Waals surface area contributed by atoms with E-state index in [2.05, 4.69) is 20.9 Å². The Kier molecular flexibility index (Phi) is 3.71. The Morgan fingerprint density at radius 1 is 1.56 bits per heavy atom. The molecule has 1 aliphatic rings. The Morgan fingerprint density at radius 3 is 3.19 bits per heavy atom. The zero-order chi connectivity index (χ0) is 11.2. The van der Waals surface area contributed by atoms with Crippen LogP contribution in [0, 0.1) is 0 Å². The average molecular weight is 220 g/mol. The van der Waals surface area contributed by atoms with Crippen LogP contribution in [0.3, 0.4) is 0 Å². The third-order valence-corrected chi connectivity index (χ3v) is 2.55. The van der Waals surface area contributed by atoms with Crippen LogP contribution in [-0.2, 0) is 6.54 Å². The molecule has 2 rings (SSSR count). The third kappa shape index (κ3) is 3.20. The first-order valence-electron chi connectivity index (χ1n) is 5.49. The first-order valence-corrected chi connectivity index (χ1v) is 5.49. The van der Waals surface area contributed by atoms with Crippen molar-refractivity contribution in [2.75, 3.05) is 13.1 Å². The number of nitrogens with one attached hydrogen (secondary N) is 3. The van der Waals surface area contributed by atoms with E-state index in [1.54, 1.807) is 6.20 Å². The summed E-state index contributed by atoms with van der Waals surface area (Å²) in [7, 11) is 0. The number of hydrogen-bond acceptors (Lipinski definition) is 3. The lowest BCUT2D eigenvalue weighted by molar-refractivity contribution is 0.237. The first kappa shape index (κ1) is 10.9. The highest BCUT2D eigenvalue weighted by atomic mass is 16.2. The van der Waals surface area contributed by atoms with Gasteiger partial charge >= 0.3 is 6.03 Å². The maximum absolute atomic E-state index is 11.5. The SMILES string of the molecule is O=C(NCc1ccccn1)N[C@@H]1CCNC1. The van der Waals surface area contributed by atoms with Crippen LogP contribution in [0.4, 0.5) is 4.79 Å². The minimum absolute atomic E-state index is 0.126. The number of carbonyl (C=O) groups is 1. The van der Waals surface area contributed by atoms with E-state index >= 15 is 0 Å². The normalized spacial score (nSPS) is 19.4. The van der Waals surface area contributed by atoms with Crippen LogP contribution in [0.25, 0.3) is 0 Å². The number of hydrogen-bond donors (Lipinski definition) is 3. The highest BCUT2D eigenvalue weighted by Gasteiger charge is 2.15. The fraction of sp³-hybridized carbons (Fsp3) is 0.455. The van der Waals surface area contributed by atoms with E-state index < -0.39 is 0 Å². The van der Waals surface area contributed by atoms with Gasteiger partial charge in [-0.05, 0) is 25.1 Å². The monoisotopic (exact) mass is 220 g/mol. The molecule has 2 heterocycles. The van der Waals surface area contributed by atoms with Gasteiger partial charge in [0, 0.05) is 18.8 Å². The molecule has 1 aromatic rings. The zero-order valence-corrected chi connectivity index (χ0v) is 9.07. The van der Waals surface area contributed by atoms with E-state index in [9.17, 15) is 4.79 Å². The zero-order valence-electron chi connectivity index (χ0n) is 9.07. The van der Waals surface area contributed by atoms with Gasteiger partial charge in [0.05, 0.1) is 12.2 Å². The fourth-order valence-electron chi connectivity index (χ4n) is 1.69. The standard InChI is InChI=1S/C11H16N4O/c16-11(15-10-4-6-12-7-10)14-8-9-3-1-2-5-13-9/h1-3,5,10,12H,4,6-8H2,(H2,14,15,16)/t10-/m1/s1. The van der Waals surface area contributed by atoms with Gasteiger partial charge in [-0.1, -0.05) is 6.07 Å². The average Bonchev–Trinajstić information content (AvgIpc) is 2.81. The quantitative estimate of drug-likeness (QED) is 0.683. The molecule has 1 atom stereocenters. The van der Waals surface area contributed by atoms with Crippen molar-refractivity contribution >= 4 is 6.03 Å². The molecule has 0 aliphatic carbocycles. The number of pyridine rings is 1. The van der Waals surface area contributed by atoms with Crippen molar-refractivity contribution in [3.8, 4) is 0 Å². The highest BCUT2D eigenvalue weighted by Crippen LogP contribution is 1.97. The maximum Gasteiger partial charge on any atom is 0.315 e. The van der Waals surface area contributed by atoms with Crippen LogP contribution in [0.1, 0.15) is 12.1 Å². The number of rotatable bonds is 3. The van der Waals surface area contributed by atoms with Crippen molar-refractivity contribution in [3.05, 3.63) is 30.1 Å². The Hall–Kier alpha value is -1.62. The molecule has 0 radical (unpaired) electrons. The van der Waals surface area contributed by atoms with Crippen LogP contribution < -0.4 is 16.0 Å². The van der Waals surface area contributed by atoms with Gasteiger partial charge in [0.2, 0.25) is 0 Å². The summed E-state index contributed by atoms with van der Waals surface area (Å²) in [4.78, 5) is 15.6. The van der Waals surface area contributed by atoms with Crippen LogP contribution >= 0.6 is 0 Å². The molecule has 3 N–H and O–H groups in total. The number of amides is 2. The van der Waals surface area contributed by atoms with Gasteiger partial charge in [-0.3, -0.25) is 4.98 Å². The van der Waals surface area contributed by atoms with Crippen molar-refractivity contribution in [1.29, 1.82) is 0 Å². The van der Waals surface area contributed by atoms with Gasteiger partial charge < -0.3 is 16.0 Å². The molecule has 0 aromatic carbocycles. The summed E-state index contributed by atoms with van der Waals surface area (Å²) < 4.78 is 0. The van der Waals surface area contributed by atoms with Gasteiger partial charge in [0.1, 0.15) is 0 Å². The predicted octanol–water partition coefficient (Wildman–Crippen LogP) is 0.243. The molecule has 5 nitrogen and oxygen atoms in total. The number of carbonyl (C=O) groups excluding carboxylic acids is 1. The van der Waals surface area contributed by atoms with E-state index in [1.807, 2.05) is 18.2 Å². The second-order valence-corrected chi connectivity index (χ2v) is 3.84. The lowest BCUT2D eigenvalue weighted by Crippen LogP contribution is -2.42. The molecule has 5 heteroatoms. The molecule has 0 spiro atoms. The van der Waals surface area contributed by atoms with Crippen LogP contribution in [0.5, 0.6) is 0 Å². The van der Waals surface area contributed by atoms with E-state index in [0.29, 0.717) is 6.54 Å². The first-order chi connectivity index (χ1) is 7.84. The van der Waals surface area contributed by atoms with E-state index in [4.69, 9.17) is 0 Å². The van der Waals surface area contributed by atoms with Crippen LogP contribution in [-0.4, -0.2) is 30.1 Å². The van der Waals surface area contributed by atoms with Crippen molar-refractivity contribution < 1.29 is 4.79 Å². The number of aromatic nitrogens is 1. The van der Waals surface area contributed by atoms with Crippen molar-refractivity contribution in [2.24, 2.45) is 0 Å². The van der Waals surface area contributed by atoms with E-state index in [0.717, 1.165) is 25.2 Å². The smallest absolute Gasteiger partial charge is 0.315 e. The Morgan fingerprint density at radius 2 is 2.50 bits per heavy atom. The molecule has 2 amide bonds. The summed E-state index contributed by atoms with van der Waals surface area (Å²) in [6, 6.07) is 5.77. The van der Waals surface area contributed by atoms with E-state index in [1.165, 1.54) is 0 Å². The summed E-state index contributed by atoms with van der Waals surface area (Å²) in [6.07, 6.45) is 2.72. The Labute approximate surface area is 94.6 Å². The molecule has 0 bridgehead atoms. The van der Waals surface area contributed by atoms with Gasteiger partial charge in [-0.2, -0.15) is 0 Å². The predicted molar refractivity (Wildman–Crippen MR) is 60.9 cm³/mol. The molecule has 0 unspecified atom stereocenters. The fourth-order valence-corrected chi connectivity index (χ4v) is 1.69. The Bertz CT molecular complexity index is 335. The molecular weight excluding hydrogens is 204 g/mol. The van der Waals surface area contributed by atoms with Crippen LogP contribution in [0.15, 0.2) is 24.4 Å². The summed E-state index contributed by atoms with van der Waals surface area (Å²) in [6.45, 7) is 2.30. The molecule has 1 saturated heterocycles. The summed E-state index contributed by atoms with van der Waals surface area (Å²) in [5.74, 6) is 0. The van der Waals surface area contributed by atoms with Gasteiger partial charge in [-0.25, -0.2) is 4.79 Å². The van der Waals surface area contributed by atoms with Crippen molar-refractivity contribution in [1.82, 2.24) is 20.9 Å². The number of urea groups is 1. The molecule has 0 saturated carbocycles. The number of nitrogens with zero attached hydrogens (tertiary/aromatic N) is 1. The van der Waals surface area contributed by atoms with E-state index in [-0.39, 0.29) is 12.1 Å².